The Balaban J connectivity index is 3.04. The maximum absolute atomic E-state index is 11.2. The monoisotopic (exact) mass is 281 g/mol. The maximum atomic E-state index is 11.2. The summed E-state index contributed by atoms with van der Waals surface area (Å²) in [6, 6.07) is 4.40. The Kier molecular flexibility index (Phi) is 5.83. The Morgan fingerprint density at radius 1 is 1.35 bits per heavy atom. The van der Waals surface area contributed by atoms with Gasteiger partial charge in [0.25, 0.3) is 5.91 Å². The number of rotatable bonds is 8. The van der Waals surface area contributed by atoms with E-state index >= 15 is 0 Å². The molecule has 110 valence electrons. The maximum Gasteiger partial charge on any atom is 0.339 e. The number of carboxylic acid groups (broad SMARTS) is 1. The van der Waals surface area contributed by atoms with Gasteiger partial charge in [-0.05, 0) is 25.0 Å². The predicted octanol–water partition coefficient (Wildman–Crippen LogP) is 1.82. The summed E-state index contributed by atoms with van der Waals surface area (Å²) in [5.74, 6) is -1.20. The van der Waals surface area contributed by atoms with Gasteiger partial charge in [0.1, 0.15) is 17.1 Å². The number of hydrogen-bond acceptors (Lipinski definition) is 4. The quantitative estimate of drug-likeness (QED) is 0.757. The fourth-order valence-electron chi connectivity index (χ4n) is 1.58. The number of aromatic carboxylic acids is 1. The Hall–Kier alpha value is -2.24. The molecule has 1 atom stereocenters. The smallest absolute Gasteiger partial charge is 0.339 e. The molecule has 0 fully saturated rings. The largest absolute Gasteiger partial charge is 0.493 e. The van der Waals surface area contributed by atoms with Crippen LogP contribution in [0.4, 0.5) is 0 Å². The second-order valence-corrected chi connectivity index (χ2v) is 4.23. The van der Waals surface area contributed by atoms with Crippen LogP contribution in [0.5, 0.6) is 11.5 Å². The first kappa shape index (κ1) is 15.8. The summed E-state index contributed by atoms with van der Waals surface area (Å²) in [5, 5.41) is 9.12. The third-order valence-corrected chi connectivity index (χ3v) is 2.61. The highest BCUT2D eigenvalue weighted by Gasteiger charge is 2.19. The fourth-order valence-corrected chi connectivity index (χ4v) is 1.58. The van der Waals surface area contributed by atoms with Crippen LogP contribution >= 0.6 is 0 Å². The number of carbonyl (C=O) groups excluding carboxylic acids is 1. The summed E-state index contributed by atoms with van der Waals surface area (Å²) in [5.41, 5.74) is 5.16. The van der Waals surface area contributed by atoms with Crippen molar-refractivity contribution in [3.8, 4) is 11.5 Å². The van der Waals surface area contributed by atoms with Gasteiger partial charge in [0.05, 0.1) is 6.61 Å². The first-order chi connectivity index (χ1) is 9.49. The Morgan fingerprint density at radius 3 is 2.55 bits per heavy atom. The average Bonchev–Trinajstić information content (AvgIpc) is 2.41. The molecule has 3 N–H and O–H groups in total. The molecule has 1 aromatic rings. The van der Waals surface area contributed by atoms with E-state index < -0.39 is 18.0 Å². The van der Waals surface area contributed by atoms with Gasteiger partial charge in [0.2, 0.25) is 0 Å². The number of primary amides is 1. The number of hydrogen-bond donors (Lipinski definition) is 2. The minimum absolute atomic E-state index is 0.0338. The molecule has 6 nitrogen and oxygen atoms in total. The second-order valence-electron chi connectivity index (χ2n) is 4.23. The van der Waals surface area contributed by atoms with E-state index in [0.717, 1.165) is 6.42 Å². The lowest BCUT2D eigenvalue weighted by Crippen LogP contribution is -2.33. The molecule has 0 aliphatic heterocycles. The Bertz CT molecular complexity index is 486. The van der Waals surface area contributed by atoms with Crippen molar-refractivity contribution in [2.24, 2.45) is 5.73 Å². The number of benzene rings is 1. The molecule has 20 heavy (non-hydrogen) atoms. The molecule has 0 radical (unpaired) electrons. The zero-order valence-corrected chi connectivity index (χ0v) is 11.6. The van der Waals surface area contributed by atoms with Gasteiger partial charge in [0, 0.05) is 6.07 Å². The molecule has 0 aromatic heterocycles. The van der Waals surface area contributed by atoms with Crippen LogP contribution in [0, 0.1) is 0 Å². The molecule has 0 saturated heterocycles. The van der Waals surface area contributed by atoms with E-state index in [9.17, 15) is 9.59 Å². The molecule has 0 bridgehead atoms. The number of amides is 1. The van der Waals surface area contributed by atoms with Gasteiger partial charge in [-0.25, -0.2) is 4.79 Å². The molecule has 0 saturated carbocycles. The lowest BCUT2D eigenvalue weighted by molar-refractivity contribution is -0.124. The normalized spacial score (nSPS) is 11.7. The summed E-state index contributed by atoms with van der Waals surface area (Å²) in [6.07, 6.45) is 0.319. The van der Waals surface area contributed by atoms with Crippen LogP contribution < -0.4 is 15.2 Å². The highest BCUT2D eigenvalue weighted by atomic mass is 16.5. The van der Waals surface area contributed by atoms with E-state index in [4.69, 9.17) is 20.3 Å². The van der Waals surface area contributed by atoms with Crippen LogP contribution in [0.2, 0.25) is 0 Å². The zero-order chi connectivity index (χ0) is 15.1. The molecular weight excluding hydrogens is 262 g/mol. The average molecular weight is 281 g/mol. The summed E-state index contributed by atoms with van der Waals surface area (Å²) in [4.78, 5) is 22.3. The molecule has 1 unspecified atom stereocenters. The number of carboxylic acids is 1. The second kappa shape index (κ2) is 7.37. The van der Waals surface area contributed by atoms with Crippen LogP contribution in [0.25, 0.3) is 0 Å². The molecule has 1 rings (SSSR count). The Morgan fingerprint density at radius 2 is 2.05 bits per heavy atom. The molecule has 0 aliphatic carbocycles. The van der Waals surface area contributed by atoms with Crippen molar-refractivity contribution < 1.29 is 24.2 Å². The number of carbonyl (C=O) groups is 2. The van der Waals surface area contributed by atoms with Crippen molar-refractivity contribution in [1.82, 2.24) is 0 Å². The fraction of sp³-hybridized carbons (Fsp3) is 0.429. The van der Waals surface area contributed by atoms with Crippen molar-refractivity contribution in [2.75, 3.05) is 6.61 Å². The highest BCUT2D eigenvalue weighted by molar-refractivity contribution is 5.91. The third-order valence-electron chi connectivity index (χ3n) is 2.61. The summed E-state index contributed by atoms with van der Waals surface area (Å²) < 4.78 is 10.8. The standard InChI is InChI=1S/C14H19NO5/c1-3-7-19-9-5-6-10(14(17)18)12(8-9)20-11(4-2)13(15)16/h5-6,8,11H,3-4,7H2,1-2H3,(H2,15,16)(H,17,18). The van der Waals surface area contributed by atoms with Gasteiger partial charge in [-0.3, -0.25) is 4.79 Å². The third kappa shape index (κ3) is 4.15. The first-order valence-corrected chi connectivity index (χ1v) is 6.45. The predicted molar refractivity (Wildman–Crippen MR) is 73.1 cm³/mol. The van der Waals surface area contributed by atoms with E-state index in [1.54, 1.807) is 13.0 Å². The van der Waals surface area contributed by atoms with Gasteiger partial charge >= 0.3 is 5.97 Å². The van der Waals surface area contributed by atoms with E-state index in [1.807, 2.05) is 6.92 Å². The first-order valence-electron chi connectivity index (χ1n) is 6.45. The zero-order valence-electron chi connectivity index (χ0n) is 11.6. The molecule has 0 aliphatic rings. The van der Waals surface area contributed by atoms with E-state index in [0.29, 0.717) is 18.8 Å². The SMILES string of the molecule is CCCOc1ccc(C(=O)O)c(OC(CC)C(N)=O)c1. The lowest BCUT2D eigenvalue weighted by atomic mass is 10.2. The van der Waals surface area contributed by atoms with Gasteiger partial charge in [0.15, 0.2) is 6.10 Å². The summed E-state index contributed by atoms with van der Waals surface area (Å²) in [7, 11) is 0. The molecule has 1 aromatic carbocycles. The van der Waals surface area contributed by atoms with Crippen molar-refractivity contribution >= 4 is 11.9 Å². The van der Waals surface area contributed by atoms with Gasteiger partial charge in [-0.1, -0.05) is 13.8 Å². The highest BCUT2D eigenvalue weighted by Crippen LogP contribution is 2.26. The summed E-state index contributed by atoms with van der Waals surface area (Å²) in [6.45, 7) is 4.20. The molecule has 0 heterocycles. The van der Waals surface area contributed by atoms with E-state index in [-0.39, 0.29) is 11.3 Å². The minimum Gasteiger partial charge on any atom is -0.493 e. The summed E-state index contributed by atoms with van der Waals surface area (Å²) >= 11 is 0. The Labute approximate surface area is 117 Å². The van der Waals surface area contributed by atoms with Crippen LogP contribution in [0.1, 0.15) is 37.0 Å². The van der Waals surface area contributed by atoms with E-state index in [1.165, 1.54) is 12.1 Å². The van der Waals surface area contributed by atoms with Crippen molar-refractivity contribution in [3.05, 3.63) is 23.8 Å². The number of nitrogens with two attached hydrogens (primary N) is 1. The molecule has 6 heteroatoms. The minimum atomic E-state index is -1.14. The van der Waals surface area contributed by atoms with Crippen molar-refractivity contribution in [1.29, 1.82) is 0 Å². The molecule has 0 spiro atoms. The van der Waals surface area contributed by atoms with Gasteiger partial charge in [-0.2, -0.15) is 0 Å². The van der Waals surface area contributed by atoms with Crippen molar-refractivity contribution in [3.63, 3.8) is 0 Å². The van der Waals surface area contributed by atoms with Crippen LogP contribution in [-0.2, 0) is 4.79 Å². The number of ether oxygens (including phenoxy) is 2. The molecular formula is C14H19NO5. The lowest BCUT2D eigenvalue weighted by Gasteiger charge is -2.16. The van der Waals surface area contributed by atoms with Crippen molar-refractivity contribution in [2.45, 2.75) is 32.8 Å². The van der Waals surface area contributed by atoms with E-state index in [2.05, 4.69) is 0 Å². The molecule has 1 amide bonds. The van der Waals surface area contributed by atoms with Gasteiger partial charge < -0.3 is 20.3 Å². The van der Waals surface area contributed by atoms with Crippen LogP contribution in [-0.4, -0.2) is 29.7 Å². The van der Waals surface area contributed by atoms with Crippen LogP contribution in [0.3, 0.4) is 0 Å². The topological polar surface area (TPSA) is 98.8 Å². The van der Waals surface area contributed by atoms with Gasteiger partial charge in [-0.15, -0.1) is 0 Å². The van der Waals surface area contributed by atoms with Crippen LogP contribution in [0.15, 0.2) is 18.2 Å².